The van der Waals surface area contributed by atoms with Gasteiger partial charge >= 0.3 is 0 Å². The molecule has 0 aliphatic heterocycles. The zero-order valence-electron chi connectivity index (χ0n) is 8.70. The van der Waals surface area contributed by atoms with Crippen LogP contribution in [0.25, 0.3) is 0 Å². The predicted molar refractivity (Wildman–Crippen MR) is 50.6 cm³/mol. The first-order chi connectivity index (χ1) is 4.94. The lowest BCUT2D eigenvalue weighted by atomic mass is 9.49. The van der Waals surface area contributed by atoms with E-state index in [1.165, 1.54) is 19.3 Å². The standard InChI is InChI=1S/C11H22/c1-6-10(3,4)11(5)8-7-9(11)2/h9H,6-8H2,1-5H3. The molecule has 0 N–H and O–H groups in total. The van der Waals surface area contributed by atoms with Crippen LogP contribution in [0.2, 0.25) is 0 Å². The monoisotopic (exact) mass is 154 g/mol. The van der Waals surface area contributed by atoms with Crippen LogP contribution in [0, 0.1) is 16.7 Å². The van der Waals surface area contributed by atoms with E-state index in [2.05, 4.69) is 34.6 Å². The first kappa shape index (κ1) is 9.09. The van der Waals surface area contributed by atoms with Gasteiger partial charge in [0, 0.05) is 0 Å². The van der Waals surface area contributed by atoms with Gasteiger partial charge in [-0.2, -0.15) is 0 Å². The maximum Gasteiger partial charge on any atom is -0.0249 e. The molecule has 2 unspecified atom stereocenters. The van der Waals surface area contributed by atoms with Gasteiger partial charge in [0.2, 0.25) is 0 Å². The number of hydrogen-bond acceptors (Lipinski definition) is 0. The Labute approximate surface area is 71.4 Å². The van der Waals surface area contributed by atoms with Gasteiger partial charge in [0.25, 0.3) is 0 Å². The van der Waals surface area contributed by atoms with Crippen LogP contribution in [-0.4, -0.2) is 0 Å². The van der Waals surface area contributed by atoms with Crippen molar-refractivity contribution in [2.45, 2.75) is 53.9 Å². The summed E-state index contributed by atoms with van der Waals surface area (Å²) in [5, 5.41) is 0. The number of rotatable bonds is 2. The summed E-state index contributed by atoms with van der Waals surface area (Å²) in [6, 6.07) is 0. The van der Waals surface area contributed by atoms with Crippen molar-refractivity contribution in [3.05, 3.63) is 0 Å². The van der Waals surface area contributed by atoms with E-state index in [1.54, 1.807) is 0 Å². The molecule has 0 saturated heterocycles. The molecule has 0 aromatic rings. The fourth-order valence-electron chi connectivity index (χ4n) is 2.28. The largest absolute Gasteiger partial charge is 0.0649 e. The Balaban J connectivity index is 2.72. The summed E-state index contributed by atoms with van der Waals surface area (Å²) < 4.78 is 0. The first-order valence-electron chi connectivity index (χ1n) is 4.94. The van der Waals surface area contributed by atoms with Gasteiger partial charge in [0.05, 0.1) is 0 Å². The van der Waals surface area contributed by atoms with Crippen molar-refractivity contribution in [3.63, 3.8) is 0 Å². The molecule has 0 aromatic carbocycles. The van der Waals surface area contributed by atoms with Gasteiger partial charge in [-0.05, 0) is 29.6 Å². The molecule has 0 amide bonds. The van der Waals surface area contributed by atoms with Gasteiger partial charge in [-0.15, -0.1) is 0 Å². The maximum atomic E-state index is 2.46. The molecular weight excluding hydrogens is 132 g/mol. The Bertz CT molecular complexity index is 146. The topological polar surface area (TPSA) is 0 Å². The summed E-state index contributed by atoms with van der Waals surface area (Å²) in [5.41, 5.74) is 1.17. The molecule has 1 aliphatic rings. The van der Waals surface area contributed by atoms with Crippen LogP contribution < -0.4 is 0 Å². The normalized spacial score (nSPS) is 38.5. The van der Waals surface area contributed by atoms with E-state index in [4.69, 9.17) is 0 Å². The fraction of sp³-hybridized carbons (Fsp3) is 1.00. The van der Waals surface area contributed by atoms with Crippen LogP contribution in [0.5, 0.6) is 0 Å². The lowest BCUT2D eigenvalue weighted by Gasteiger charge is -2.56. The van der Waals surface area contributed by atoms with Crippen LogP contribution in [0.3, 0.4) is 0 Å². The second-order valence-corrected chi connectivity index (χ2v) is 5.09. The van der Waals surface area contributed by atoms with Crippen molar-refractivity contribution in [3.8, 4) is 0 Å². The summed E-state index contributed by atoms with van der Waals surface area (Å²) >= 11 is 0. The smallest absolute Gasteiger partial charge is 0.0249 e. The molecule has 2 atom stereocenters. The minimum atomic E-state index is 0.546. The van der Waals surface area contributed by atoms with Crippen molar-refractivity contribution in [1.82, 2.24) is 0 Å². The quantitative estimate of drug-likeness (QED) is 0.566. The molecule has 0 spiro atoms. The van der Waals surface area contributed by atoms with Gasteiger partial charge in [0.1, 0.15) is 0 Å². The summed E-state index contributed by atoms with van der Waals surface area (Å²) in [5.74, 6) is 0.942. The molecule has 1 fully saturated rings. The Morgan fingerprint density at radius 1 is 1.45 bits per heavy atom. The third-order valence-corrected chi connectivity index (χ3v) is 4.61. The molecule has 11 heavy (non-hydrogen) atoms. The molecule has 0 heterocycles. The van der Waals surface area contributed by atoms with E-state index in [0.29, 0.717) is 10.8 Å². The van der Waals surface area contributed by atoms with Crippen molar-refractivity contribution >= 4 is 0 Å². The third kappa shape index (κ3) is 1.11. The van der Waals surface area contributed by atoms with Crippen molar-refractivity contribution in [2.75, 3.05) is 0 Å². The summed E-state index contributed by atoms with van der Waals surface area (Å²) in [7, 11) is 0. The Hall–Kier alpha value is 0. The van der Waals surface area contributed by atoms with Crippen LogP contribution in [0.4, 0.5) is 0 Å². The molecule has 0 bridgehead atoms. The zero-order valence-corrected chi connectivity index (χ0v) is 8.70. The Kier molecular flexibility index (Phi) is 2.07. The fourth-order valence-corrected chi connectivity index (χ4v) is 2.28. The molecular formula is C11H22. The Morgan fingerprint density at radius 3 is 2.09 bits per heavy atom. The van der Waals surface area contributed by atoms with E-state index in [1.807, 2.05) is 0 Å². The first-order valence-corrected chi connectivity index (χ1v) is 4.94. The highest BCUT2D eigenvalue weighted by atomic mass is 14.5. The molecule has 66 valence electrons. The van der Waals surface area contributed by atoms with Crippen LogP contribution in [0.1, 0.15) is 53.9 Å². The lowest BCUT2D eigenvalue weighted by molar-refractivity contribution is -0.0593. The average molecular weight is 154 g/mol. The highest BCUT2D eigenvalue weighted by molar-refractivity contribution is 4.98. The molecule has 1 saturated carbocycles. The minimum absolute atomic E-state index is 0.546. The zero-order chi connectivity index (χ0) is 8.70. The maximum absolute atomic E-state index is 2.46. The molecule has 0 heteroatoms. The average Bonchev–Trinajstić information content (AvgIpc) is 2.00. The lowest BCUT2D eigenvalue weighted by Crippen LogP contribution is -2.47. The van der Waals surface area contributed by atoms with Crippen molar-refractivity contribution in [1.29, 1.82) is 0 Å². The van der Waals surface area contributed by atoms with Gasteiger partial charge in [0.15, 0.2) is 0 Å². The second-order valence-electron chi connectivity index (χ2n) is 5.09. The van der Waals surface area contributed by atoms with E-state index in [-0.39, 0.29) is 0 Å². The summed E-state index contributed by atoms with van der Waals surface area (Å²) in [4.78, 5) is 0. The molecule has 0 nitrogen and oxygen atoms in total. The molecule has 1 aliphatic carbocycles. The van der Waals surface area contributed by atoms with E-state index >= 15 is 0 Å². The Morgan fingerprint density at radius 2 is 2.00 bits per heavy atom. The van der Waals surface area contributed by atoms with Crippen LogP contribution >= 0.6 is 0 Å². The third-order valence-electron chi connectivity index (χ3n) is 4.61. The van der Waals surface area contributed by atoms with Gasteiger partial charge < -0.3 is 0 Å². The van der Waals surface area contributed by atoms with E-state index in [0.717, 1.165) is 5.92 Å². The highest BCUT2D eigenvalue weighted by Crippen LogP contribution is 2.58. The highest BCUT2D eigenvalue weighted by Gasteiger charge is 2.49. The van der Waals surface area contributed by atoms with Gasteiger partial charge in [-0.3, -0.25) is 0 Å². The summed E-state index contributed by atoms with van der Waals surface area (Å²) in [6.07, 6.45) is 4.20. The molecule has 0 radical (unpaired) electrons. The van der Waals surface area contributed by atoms with Gasteiger partial charge in [-0.1, -0.05) is 41.0 Å². The van der Waals surface area contributed by atoms with Gasteiger partial charge in [-0.25, -0.2) is 0 Å². The minimum Gasteiger partial charge on any atom is -0.0649 e. The molecule has 0 aromatic heterocycles. The summed E-state index contributed by atoms with van der Waals surface area (Å²) in [6.45, 7) is 12.0. The van der Waals surface area contributed by atoms with E-state index < -0.39 is 0 Å². The van der Waals surface area contributed by atoms with E-state index in [9.17, 15) is 0 Å². The number of hydrogen-bond donors (Lipinski definition) is 0. The van der Waals surface area contributed by atoms with Crippen molar-refractivity contribution < 1.29 is 0 Å². The van der Waals surface area contributed by atoms with Crippen LogP contribution in [-0.2, 0) is 0 Å². The second kappa shape index (κ2) is 2.50. The van der Waals surface area contributed by atoms with Crippen LogP contribution in [0.15, 0.2) is 0 Å². The van der Waals surface area contributed by atoms with Crippen molar-refractivity contribution in [2.24, 2.45) is 16.7 Å². The SMILES string of the molecule is CCC(C)(C)C1(C)CCC1C. The predicted octanol–water partition coefficient (Wildman–Crippen LogP) is 3.86. The molecule has 1 rings (SSSR count).